The molecule has 0 spiro atoms. The average Bonchev–Trinajstić information content (AvgIpc) is 2.77. The van der Waals surface area contributed by atoms with Crippen molar-refractivity contribution < 1.29 is 8.42 Å². The topological polar surface area (TPSA) is 74.8 Å². The molecule has 108 valence electrons. The highest BCUT2D eigenvalue weighted by Gasteiger charge is 2.19. The Kier molecular flexibility index (Phi) is 3.85. The van der Waals surface area contributed by atoms with Gasteiger partial charge >= 0.3 is 0 Å². The summed E-state index contributed by atoms with van der Waals surface area (Å²) in [5.41, 5.74) is 1.53. The minimum Gasteiger partial charge on any atom is -0.280 e. The Labute approximate surface area is 119 Å². The molecule has 0 bridgehead atoms. The molecule has 6 heteroatoms. The lowest BCUT2D eigenvalue weighted by atomic mass is 9.92. The second-order valence-electron chi connectivity index (χ2n) is 5.76. The molecule has 20 heavy (non-hydrogen) atoms. The first-order chi connectivity index (χ1) is 9.26. The summed E-state index contributed by atoms with van der Waals surface area (Å²) < 4.78 is 26.6. The summed E-state index contributed by atoms with van der Waals surface area (Å²) in [6, 6.07) is 10.8. The molecule has 0 radical (unpaired) electrons. The summed E-state index contributed by atoms with van der Waals surface area (Å²) >= 11 is 0. The van der Waals surface area contributed by atoms with Crippen LogP contribution in [0.2, 0.25) is 0 Å². The van der Waals surface area contributed by atoms with Gasteiger partial charge in [-0.1, -0.05) is 51.1 Å². The zero-order chi connectivity index (χ0) is 14.8. The van der Waals surface area contributed by atoms with E-state index >= 15 is 0 Å². The van der Waals surface area contributed by atoms with Crippen molar-refractivity contribution in [2.75, 3.05) is 4.72 Å². The summed E-state index contributed by atoms with van der Waals surface area (Å²) in [5.74, 6) is 0.261. The second kappa shape index (κ2) is 5.28. The minimum atomic E-state index is -3.45. The van der Waals surface area contributed by atoms with E-state index in [1.807, 2.05) is 39.0 Å². The smallest absolute Gasteiger partial charge is 0.238 e. The quantitative estimate of drug-likeness (QED) is 0.910. The van der Waals surface area contributed by atoms with Gasteiger partial charge in [0.15, 0.2) is 5.82 Å². The zero-order valence-electron chi connectivity index (χ0n) is 11.8. The van der Waals surface area contributed by atoms with E-state index < -0.39 is 10.0 Å². The highest BCUT2D eigenvalue weighted by Crippen LogP contribution is 2.22. The lowest BCUT2D eigenvalue weighted by molar-refractivity contribution is 0.567. The molecule has 2 aromatic rings. The number of H-pyrrole nitrogens is 1. The molecule has 0 fully saturated rings. The normalized spacial score (nSPS) is 12.3. The molecule has 1 aromatic heterocycles. The maximum Gasteiger partial charge on any atom is 0.238 e. The van der Waals surface area contributed by atoms with E-state index in [-0.39, 0.29) is 11.2 Å². The van der Waals surface area contributed by atoms with Crippen molar-refractivity contribution in [3.05, 3.63) is 47.7 Å². The van der Waals surface area contributed by atoms with Gasteiger partial charge in [0, 0.05) is 17.2 Å². The predicted molar refractivity (Wildman–Crippen MR) is 80.0 cm³/mol. The first-order valence-electron chi connectivity index (χ1n) is 6.36. The van der Waals surface area contributed by atoms with Crippen molar-refractivity contribution >= 4 is 15.8 Å². The van der Waals surface area contributed by atoms with Crippen LogP contribution in [0, 0.1) is 0 Å². The van der Waals surface area contributed by atoms with Crippen molar-refractivity contribution in [3.8, 4) is 0 Å². The average molecular weight is 293 g/mol. The molecule has 5 nitrogen and oxygen atoms in total. The van der Waals surface area contributed by atoms with Crippen LogP contribution in [0.25, 0.3) is 0 Å². The fourth-order valence-electron chi connectivity index (χ4n) is 1.75. The van der Waals surface area contributed by atoms with Crippen LogP contribution in [0.5, 0.6) is 0 Å². The molecule has 0 aliphatic heterocycles. The lowest BCUT2D eigenvalue weighted by Gasteiger charge is -2.14. The molecule has 1 heterocycles. The van der Waals surface area contributed by atoms with E-state index in [0.29, 0.717) is 5.82 Å². The molecule has 0 saturated heterocycles. The summed E-state index contributed by atoms with van der Waals surface area (Å²) in [6.07, 6.45) is 0. The van der Waals surface area contributed by atoms with Gasteiger partial charge in [-0.3, -0.25) is 9.82 Å². The number of benzene rings is 1. The van der Waals surface area contributed by atoms with Gasteiger partial charge in [-0.2, -0.15) is 5.10 Å². The van der Waals surface area contributed by atoms with Crippen molar-refractivity contribution in [3.63, 3.8) is 0 Å². The van der Waals surface area contributed by atoms with Crippen LogP contribution in [-0.4, -0.2) is 18.6 Å². The van der Waals surface area contributed by atoms with Gasteiger partial charge in [-0.05, 0) is 5.56 Å². The number of nitrogens with zero attached hydrogens (tertiary/aromatic N) is 1. The standard InChI is InChI=1S/C14H19N3O2S/c1-14(2,3)12-9-13(16-15-12)17-20(18,19)10-11-7-5-4-6-8-11/h4-9H,10H2,1-3H3,(H2,15,16,17). The molecule has 1 aromatic carbocycles. The molecule has 2 N–H and O–H groups in total. The molecule has 0 amide bonds. The van der Waals surface area contributed by atoms with E-state index in [2.05, 4.69) is 14.9 Å². The zero-order valence-corrected chi connectivity index (χ0v) is 12.7. The SMILES string of the molecule is CC(C)(C)c1cc(NS(=O)(=O)Cc2ccccc2)n[nH]1. The van der Waals surface area contributed by atoms with E-state index in [0.717, 1.165) is 11.3 Å². The largest absolute Gasteiger partial charge is 0.280 e. The number of aromatic nitrogens is 2. The van der Waals surface area contributed by atoms with Crippen molar-refractivity contribution in [2.45, 2.75) is 31.9 Å². The van der Waals surface area contributed by atoms with E-state index in [9.17, 15) is 8.42 Å². The highest BCUT2D eigenvalue weighted by atomic mass is 32.2. The van der Waals surface area contributed by atoms with Gasteiger partial charge in [0.2, 0.25) is 10.0 Å². The van der Waals surface area contributed by atoms with Crippen LogP contribution < -0.4 is 4.72 Å². The monoisotopic (exact) mass is 293 g/mol. The number of hydrogen-bond donors (Lipinski definition) is 2. The minimum absolute atomic E-state index is 0.0639. The Morgan fingerprint density at radius 3 is 2.40 bits per heavy atom. The first kappa shape index (κ1) is 14.6. The van der Waals surface area contributed by atoms with Crippen LogP contribution in [0.4, 0.5) is 5.82 Å². The molecule has 2 rings (SSSR count). The van der Waals surface area contributed by atoms with Crippen molar-refractivity contribution in [1.82, 2.24) is 10.2 Å². The van der Waals surface area contributed by atoms with Crippen molar-refractivity contribution in [1.29, 1.82) is 0 Å². The van der Waals surface area contributed by atoms with E-state index in [1.165, 1.54) is 0 Å². The van der Waals surface area contributed by atoms with E-state index in [4.69, 9.17) is 0 Å². The Morgan fingerprint density at radius 1 is 1.20 bits per heavy atom. The van der Waals surface area contributed by atoms with Crippen LogP contribution >= 0.6 is 0 Å². The lowest BCUT2D eigenvalue weighted by Crippen LogP contribution is -2.15. The summed E-state index contributed by atoms with van der Waals surface area (Å²) in [4.78, 5) is 0. The van der Waals surface area contributed by atoms with E-state index in [1.54, 1.807) is 18.2 Å². The van der Waals surface area contributed by atoms with Gasteiger partial charge in [-0.25, -0.2) is 8.42 Å². The van der Waals surface area contributed by atoms with Gasteiger partial charge in [0.05, 0.1) is 5.75 Å². The third kappa shape index (κ3) is 3.84. The Hall–Kier alpha value is -1.82. The first-order valence-corrected chi connectivity index (χ1v) is 8.02. The maximum atomic E-state index is 12.1. The third-order valence-corrected chi connectivity index (χ3v) is 4.08. The third-order valence-electron chi connectivity index (χ3n) is 2.85. The molecule has 0 saturated carbocycles. The number of hydrogen-bond acceptors (Lipinski definition) is 3. The Bertz CT molecular complexity index is 670. The number of sulfonamides is 1. The highest BCUT2D eigenvalue weighted by molar-refractivity contribution is 7.91. The van der Waals surface area contributed by atoms with Gasteiger partial charge < -0.3 is 0 Å². The fraction of sp³-hybridized carbons (Fsp3) is 0.357. The Morgan fingerprint density at radius 2 is 1.85 bits per heavy atom. The van der Waals surface area contributed by atoms with Crippen molar-refractivity contribution in [2.24, 2.45) is 0 Å². The number of nitrogens with one attached hydrogen (secondary N) is 2. The second-order valence-corrected chi connectivity index (χ2v) is 7.49. The number of rotatable bonds is 4. The summed E-state index contributed by atoms with van der Waals surface area (Å²) in [6.45, 7) is 6.09. The van der Waals surface area contributed by atoms with Gasteiger partial charge in [0.25, 0.3) is 0 Å². The summed E-state index contributed by atoms with van der Waals surface area (Å²) in [5, 5.41) is 6.85. The maximum absolute atomic E-state index is 12.1. The fourth-order valence-corrected chi connectivity index (χ4v) is 2.87. The Balaban J connectivity index is 2.11. The van der Waals surface area contributed by atoms with Gasteiger partial charge in [0.1, 0.15) is 0 Å². The van der Waals surface area contributed by atoms with Crippen LogP contribution in [0.3, 0.4) is 0 Å². The number of anilines is 1. The molecule has 0 unspecified atom stereocenters. The van der Waals surface area contributed by atoms with Crippen LogP contribution in [0.15, 0.2) is 36.4 Å². The van der Waals surface area contributed by atoms with Gasteiger partial charge in [-0.15, -0.1) is 0 Å². The molecular formula is C14H19N3O2S. The molecular weight excluding hydrogens is 274 g/mol. The predicted octanol–water partition coefficient (Wildman–Crippen LogP) is 2.65. The molecule has 0 atom stereocenters. The van der Waals surface area contributed by atoms with Crippen LogP contribution in [-0.2, 0) is 21.2 Å². The molecule has 0 aliphatic rings. The summed E-state index contributed by atoms with van der Waals surface area (Å²) in [7, 11) is -3.45. The number of aromatic amines is 1. The molecule has 0 aliphatic carbocycles. The van der Waals surface area contributed by atoms with Crippen LogP contribution in [0.1, 0.15) is 32.0 Å².